The maximum atomic E-state index is 12.8. The highest BCUT2D eigenvalue weighted by Crippen LogP contribution is 2.35. The number of anilines is 2. The highest BCUT2D eigenvalue weighted by atomic mass is 19.4. The van der Waals surface area contributed by atoms with Gasteiger partial charge in [-0.1, -0.05) is 0 Å². The topological polar surface area (TPSA) is 53.1 Å². The predicted octanol–water partition coefficient (Wildman–Crippen LogP) is 2.92. The van der Waals surface area contributed by atoms with Crippen LogP contribution in [0.3, 0.4) is 0 Å². The molecule has 2 N–H and O–H groups in total. The molecule has 1 heterocycles. The van der Waals surface area contributed by atoms with Crippen molar-refractivity contribution >= 4 is 11.4 Å². The fourth-order valence-electron chi connectivity index (χ4n) is 2.38. The summed E-state index contributed by atoms with van der Waals surface area (Å²) in [6, 6.07) is 6.70. The Bertz CT molecular complexity index is 505. The Morgan fingerprint density at radius 2 is 2.11 bits per heavy atom. The second kappa shape index (κ2) is 5.00. The van der Waals surface area contributed by atoms with Crippen LogP contribution in [0.15, 0.2) is 18.2 Å². The third-order valence-corrected chi connectivity index (χ3v) is 3.37. The highest BCUT2D eigenvalue weighted by Gasteiger charge is 2.42. The van der Waals surface area contributed by atoms with Crippen molar-refractivity contribution in [2.45, 2.75) is 19.0 Å². The molecule has 1 unspecified atom stereocenters. The van der Waals surface area contributed by atoms with Gasteiger partial charge in [0, 0.05) is 18.8 Å². The third-order valence-electron chi connectivity index (χ3n) is 3.37. The summed E-state index contributed by atoms with van der Waals surface area (Å²) in [5.41, 5.74) is 6.87. The molecule has 0 amide bonds. The van der Waals surface area contributed by atoms with E-state index in [9.17, 15) is 13.2 Å². The summed E-state index contributed by atoms with van der Waals surface area (Å²) in [6.45, 7) is 0.438. The molecular formula is C13H14F3N3. The van der Waals surface area contributed by atoms with E-state index in [1.165, 1.54) is 6.07 Å². The molecule has 1 aliphatic heterocycles. The molecule has 1 atom stereocenters. The van der Waals surface area contributed by atoms with E-state index >= 15 is 0 Å². The number of nitriles is 1. The third kappa shape index (κ3) is 2.92. The number of nitrogens with two attached hydrogens (primary N) is 1. The number of nitrogens with zero attached hydrogens (tertiary/aromatic N) is 2. The summed E-state index contributed by atoms with van der Waals surface area (Å²) in [7, 11) is 0. The first-order chi connectivity index (χ1) is 8.91. The van der Waals surface area contributed by atoms with Crippen molar-refractivity contribution < 1.29 is 13.2 Å². The van der Waals surface area contributed by atoms with Gasteiger partial charge in [0.05, 0.1) is 17.2 Å². The van der Waals surface area contributed by atoms with Crippen molar-refractivity contribution in [3.8, 4) is 6.07 Å². The minimum Gasteiger partial charge on any atom is -0.399 e. The summed E-state index contributed by atoms with van der Waals surface area (Å²) in [4.78, 5) is 1.62. The smallest absolute Gasteiger partial charge is 0.393 e. The van der Waals surface area contributed by atoms with Gasteiger partial charge in [-0.2, -0.15) is 18.4 Å². The molecule has 0 radical (unpaired) electrons. The van der Waals surface area contributed by atoms with Crippen LogP contribution in [-0.2, 0) is 0 Å². The minimum absolute atomic E-state index is 0.0951. The Morgan fingerprint density at radius 3 is 2.74 bits per heavy atom. The van der Waals surface area contributed by atoms with E-state index in [1.807, 2.05) is 6.07 Å². The van der Waals surface area contributed by atoms with Crippen molar-refractivity contribution in [3.63, 3.8) is 0 Å². The normalized spacial score (nSPS) is 20.1. The molecule has 0 aromatic heterocycles. The molecule has 1 aromatic rings. The summed E-state index contributed by atoms with van der Waals surface area (Å²) in [5.74, 6) is -1.33. The number of nitrogen functional groups attached to an aromatic ring is 1. The number of rotatable bonds is 1. The first-order valence-corrected chi connectivity index (χ1v) is 6.03. The number of piperidine rings is 1. The molecule has 6 heteroatoms. The molecule has 1 saturated heterocycles. The van der Waals surface area contributed by atoms with E-state index in [-0.39, 0.29) is 13.0 Å². The Labute approximate surface area is 109 Å². The maximum Gasteiger partial charge on any atom is 0.393 e. The van der Waals surface area contributed by atoms with Crippen LogP contribution in [0.5, 0.6) is 0 Å². The van der Waals surface area contributed by atoms with E-state index in [1.54, 1.807) is 17.0 Å². The lowest BCUT2D eigenvalue weighted by Crippen LogP contribution is -2.42. The van der Waals surface area contributed by atoms with Crippen molar-refractivity contribution in [1.82, 2.24) is 0 Å². The SMILES string of the molecule is N#Cc1cc(N)ccc1N1CCCC(C(F)(F)F)C1. The van der Waals surface area contributed by atoms with Gasteiger partial charge >= 0.3 is 6.18 Å². The Balaban J connectivity index is 2.25. The van der Waals surface area contributed by atoms with Gasteiger partial charge in [-0.05, 0) is 31.0 Å². The number of hydrogen-bond donors (Lipinski definition) is 1. The first kappa shape index (κ1) is 13.5. The van der Waals surface area contributed by atoms with Gasteiger partial charge in [-0.3, -0.25) is 0 Å². The van der Waals surface area contributed by atoms with Crippen LogP contribution in [0.25, 0.3) is 0 Å². The van der Waals surface area contributed by atoms with E-state index in [2.05, 4.69) is 0 Å². The molecule has 19 heavy (non-hydrogen) atoms. The summed E-state index contributed by atoms with van der Waals surface area (Å²) < 4.78 is 38.3. The Hall–Kier alpha value is -1.90. The molecule has 1 aliphatic rings. The lowest BCUT2D eigenvalue weighted by Gasteiger charge is -2.35. The molecule has 0 spiro atoms. The summed E-state index contributed by atoms with van der Waals surface area (Å²) in [5, 5.41) is 9.04. The summed E-state index contributed by atoms with van der Waals surface area (Å²) in [6.07, 6.45) is -3.56. The molecule has 3 nitrogen and oxygen atoms in total. The second-order valence-corrected chi connectivity index (χ2v) is 4.72. The zero-order chi connectivity index (χ0) is 14.0. The quantitative estimate of drug-likeness (QED) is 0.797. The number of halogens is 3. The van der Waals surface area contributed by atoms with Gasteiger partial charge in [0.1, 0.15) is 6.07 Å². The van der Waals surface area contributed by atoms with Crippen molar-refractivity contribution in [3.05, 3.63) is 23.8 Å². The molecule has 2 rings (SSSR count). The van der Waals surface area contributed by atoms with Crippen LogP contribution < -0.4 is 10.6 Å². The predicted molar refractivity (Wildman–Crippen MR) is 66.6 cm³/mol. The van der Waals surface area contributed by atoms with Crippen molar-refractivity contribution in [2.24, 2.45) is 5.92 Å². The average molecular weight is 269 g/mol. The van der Waals surface area contributed by atoms with Crippen LogP contribution >= 0.6 is 0 Å². The number of alkyl halides is 3. The van der Waals surface area contributed by atoms with Crippen LogP contribution in [0, 0.1) is 17.2 Å². The number of hydrogen-bond acceptors (Lipinski definition) is 3. The van der Waals surface area contributed by atoms with Crippen molar-refractivity contribution in [2.75, 3.05) is 23.7 Å². The fourth-order valence-corrected chi connectivity index (χ4v) is 2.38. The van der Waals surface area contributed by atoms with Gasteiger partial charge < -0.3 is 10.6 Å². The molecule has 0 saturated carbocycles. The summed E-state index contributed by atoms with van der Waals surface area (Å²) >= 11 is 0. The molecule has 0 aliphatic carbocycles. The molecule has 1 fully saturated rings. The monoisotopic (exact) mass is 269 g/mol. The van der Waals surface area contributed by atoms with Crippen LogP contribution in [0.2, 0.25) is 0 Å². The minimum atomic E-state index is -4.18. The van der Waals surface area contributed by atoms with Gasteiger partial charge in [0.2, 0.25) is 0 Å². The lowest BCUT2D eigenvalue weighted by molar-refractivity contribution is -0.175. The molecule has 102 valence electrons. The molecule has 0 bridgehead atoms. The van der Waals surface area contributed by atoms with Crippen molar-refractivity contribution in [1.29, 1.82) is 5.26 Å². The zero-order valence-corrected chi connectivity index (χ0v) is 10.2. The largest absolute Gasteiger partial charge is 0.399 e. The van der Waals surface area contributed by atoms with Gasteiger partial charge in [0.15, 0.2) is 0 Å². The Kier molecular flexibility index (Phi) is 3.56. The Morgan fingerprint density at radius 1 is 1.37 bits per heavy atom. The molecule has 1 aromatic carbocycles. The molecular weight excluding hydrogens is 255 g/mol. The van der Waals surface area contributed by atoms with Gasteiger partial charge in [0.25, 0.3) is 0 Å². The number of benzene rings is 1. The average Bonchev–Trinajstić information content (AvgIpc) is 2.37. The standard InChI is InChI=1S/C13H14F3N3/c14-13(15,16)10-2-1-5-19(8-10)12-4-3-11(18)6-9(12)7-17/h3-4,6,10H,1-2,5,8,18H2. The van der Waals surface area contributed by atoms with E-state index in [4.69, 9.17) is 11.0 Å². The first-order valence-electron chi connectivity index (χ1n) is 6.03. The van der Waals surface area contributed by atoms with Crippen LogP contribution in [-0.4, -0.2) is 19.3 Å². The van der Waals surface area contributed by atoms with Gasteiger partial charge in [-0.15, -0.1) is 0 Å². The zero-order valence-electron chi connectivity index (χ0n) is 10.2. The van der Waals surface area contributed by atoms with Gasteiger partial charge in [-0.25, -0.2) is 0 Å². The second-order valence-electron chi connectivity index (χ2n) is 4.72. The fraction of sp³-hybridized carbons (Fsp3) is 0.462. The maximum absolute atomic E-state index is 12.8. The van der Waals surface area contributed by atoms with Crippen LogP contribution in [0.4, 0.5) is 24.5 Å². The van der Waals surface area contributed by atoms with E-state index < -0.39 is 12.1 Å². The van der Waals surface area contributed by atoms with E-state index in [0.717, 1.165) is 0 Å². The highest BCUT2D eigenvalue weighted by molar-refractivity contribution is 5.64. The lowest BCUT2D eigenvalue weighted by atomic mass is 9.96. The van der Waals surface area contributed by atoms with E-state index in [0.29, 0.717) is 29.9 Å². The van der Waals surface area contributed by atoms with Crippen LogP contribution in [0.1, 0.15) is 18.4 Å².